The summed E-state index contributed by atoms with van der Waals surface area (Å²) in [7, 11) is 0. The number of benzene rings is 1. The minimum Gasteiger partial charge on any atom is -0.324 e. The van der Waals surface area contributed by atoms with Crippen molar-refractivity contribution in [2.45, 2.75) is 51.5 Å². The summed E-state index contributed by atoms with van der Waals surface area (Å²) in [6, 6.07) is 8.69. The summed E-state index contributed by atoms with van der Waals surface area (Å²) >= 11 is 1.85. The summed E-state index contributed by atoms with van der Waals surface area (Å²) in [5, 5.41) is 3.71. The third-order valence-electron chi connectivity index (χ3n) is 5.09. The molecular weight excluding hydrogens is 250 g/mol. The average Bonchev–Trinajstić information content (AvgIpc) is 2.77. The molecule has 0 bridgehead atoms. The third kappa shape index (κ3) is 2.21. The molecule has 1 nitrogen and oxygen atoms in total. The Hall–Kier alpha value is -0.860. The molecule has 0 amide bonds. The zero-order chi connectivity index (χ0) is 13.5. The van der Waals surface area contributed by atoms with Gasteiger partial charge in [-0.05, 0) is 47.1 Å². The van der Waals surface area contributed by atoms with Crippen LogP contribution in [0.1, 0.15) is 45.1 Å². The molecule has 1 atom stereocenters. The predicted molar refractivity (Wildman–Crippen MR) is 84.7 cm³/mol. The highest BCUT2D eigenvalue weighted by Crippen LogP contribution is 2.45. The first-order valence-corrected chi connectivity index (χ1v) is 8.14. The second-order valence-electron chi connectivity index (χ2n) is 6.68. The monoisotopic (exact) mass is 273 g/mol. The quantitative estimate of drug-likeness (QED) is 0.840. The lowest BCUT2D eigenvalue weighted by atomic mass is 9.61. The van der Waals surface area contributed by atoms with Crippen LogP contribution in [0.25, 0.3) is 10.1 Å². The fraction of sp³-hybridized carbons (Fsp3) is 0.529. The van der Waals surface area contributed by atoms with E-state index in [4.69, 9.17) is 5.73 Å². The summed E-state index contributed by atoms with van der Waals surface area (Å²) in [4.78, 5) is 0. The van der Waals surface area contributed by atoms with Crippen molar-refractivity contribution in [1.82, 2.24) is 0 Å². The fourth-order valence-corrected chi connectivity index (χ4v) is 4.39. The molecule has 3 rings (SSSR count). The van der Waals surface area contributed by atoms with Crippen LogP contribution in [-0.4, -0.2) is 5.54 Å². The summed E-state index contributed by atoms with van der Waals surface area (Å²) in [5.74, 6) is 0. The molecule has 1 heterocycles. The van der Waals surface area contributed by atoms with Crippen molar-refractivity contribution in [2.75, 3.05) is 0 Å². The Labute approximate surface area is 119 Å². The second-order valence-corrected chi connectivity index (χ2v) is 7.59. The van der Waals surface area contributed by atoms with Crippen LogP contribution in [0.4, 0.5) is 0 Å². The van der Waals surface area contributed by atoms with Crippen LogP contribution in [0.2, 0.25) is 0 Å². The van der Waals surface area contributed by atoms with E-state index in [1.807, 2.05) is 11.3 Å². The lowest BCUT2D eigenvalue weighted by Crippen LogP contribution is -2.56. The molecule has 1 unspecified atom stereocenters. The predicted octanol–water partition coefficient (Wildman–Crippen LogP) is 4.74. The van der Waals surface area contributed by atoms with Gasteiger partial charge in [0.25, 0.3) is 0 Å². The molecule has 2 aromatic rings. The minimum absolute atomic E-state index is 0.0465. The highest BCUT2D eigenvalue weighted by Gasteiger charge is 2.43. The Morgan fingerprint density at radius 2 is 1.89 bits per heavy atom. The largest absolute Gasteiger partial charge is 0.324 e. The van der Waals surface area contributed by atoms with Crippen LogP contribution in [0.3, 0.4) is 0 Å². The maximum atomic E-state index is 6.82. The van der Waals surface area contributed by atoms with E-state index in [0.29, 0.717) is 0 Å². The summed E-state index contributed by atoms with van der Waals surface area (Å²) in [6.07, 6.45) is 6.04. The van der Waals surface area contributed by atoms with Crippen LogP contribution >= 0.6 is 11.3 Å². The van der Waals surface area contributed by atoms with Crippen LogP contribution in [0.5, 0.6) is 0 Å². The molecule has 2 N–H and O–H groups in total. The van der Waals surface area contributed by atoms with E-state index >= 15 is 0 Å². The molecule has 19 heavy (non-hydrogen) atoms. The molecule has 1 aliphatic carbocycles. The number of hydrogen-bond acceptors (Lipinski definition) is 2. The zero-order valence-electron chi connectivity index (χ0n) is 11.9. The van der Waals surface area contributed by atoms with Gasteiger partial charge in [0.15, 0.2) is 0 Å². The molecule has 1 saturated carbocycles. The summed E-state index contributed by atoms with van der Waals surface area (Å²) < 4.78 is 1.38. The lowest BCUT2D eigenvalue weighted by Gasteiger charge is -2.48. The minimum atomic E-state index is -0.0465. The molecular formula is C17H23NS. The Morgan fingerprint density at radius 1 is 1.16 bits per heavy atom. The second kappa shape index (κ2) is 4.60. The van der Waals surface area contributed by atoms with Crippen molar-refractivity contribution >= 4 is 21.4 Å². The van der Waals surface area contributed by atoms with Gasteiger partial charge in [-0.2, -0.15) is 0 Å². The van der Waals surface area contributed by atoms with Gasteiger partial charge in [-0.1, -0.05) is 44.9 Å². The van der Waals surface area contributed by atoms with Crippen molar-refractivity contribution in [2.24, 2.45) is 11.1 Å². The topological polar surface area (TPSA) is 26.0 Å². The maximum absolute atomic E-state index is 6.82. The smallest absolute Gasteiger partial charge is 0.0345 e. The summed E-state index contributed by atoms with van der Waals surface area (Å²) in [6.45, 7) is 4.70. The maximum Gasteiger partial charge on any atom is 0.0345 e. The molecule has 1 aliphatic rings. The van der Waals surface area contributed by atoms with Gasteiger partial charge in [0.1, 0.15) is 0 Å². The first-order chi connectivity index (χ1) is 9.02. The Balaban J connectivity index is 1.95. The lowest BCUT2D eigenvalue weighted by molar-refractivity contribution is 0.0994. The third-order valence-corrected chi connectivity index (χ3v) is 6.10. The highest BCUT2D eigenvalue weighted by molar-refractivity contribution is 7.17. The van der Waals surface area contributed by atoms with Crippen molar-refractivity contribution in [3.8, 4) is 0 Å². The number of thiophene rings is 1. The van der Waals surface area contributed by atoms with Crippen molar-refractivity contribution in [1.29, 1.82) is 0 Å². The molecule has 0 aliphatic heterocycles. The van der Waals surface area contributed by atoms with Gasteiger partial charge in [0, 0.05) is 10.2 Å². The molecule has 1 aromatic carbocycles. The van der Waals surface area contributed by atoms with E-state index in [0.717, 1.165) is 12.8 Å². The van der Waals surface area contributed by atoms with Crippen molar-refractivity contribution < 1.29 is 0 Å². The molecule has 102 valence electrons. The summed E-state index contributed by atoms with van der Waals surface area (Å²) in [5.41, 5.74) is 8.46. The van der Waals surface area contributed by atoms with Gasteiger partial charge in [-0.3, -0.25) is 0 Å². The van der Waals surface area contributed by atoms with Gasteiger partial charge < -0.3 is 5.73 Å². The van der Waals surface area contributed by atoms with Gasteiger partial charge in [-0.25, -0.2) is 0 Å². The van der Waals surface area contributed by atoms with Crippen molar-refractivity contribution in [3.05, 3.63) is 35.2 Å². The van der Waals surface area contributed by atoms with Crippen LogP contribution < -0.4 is 5.73 Å². The first kappa shape index (κ1) is 13.1. The standard InChI is InChI=1S/C17H23NS/c1-16(2)9-5-6-10-17(16,18)11-13-12-19-15-8-4-3-7-14(13)15/h3-4,7-8,12H,5-6,9-11,18H2,1-2H3. The van der Waals surface area contributed by atoms with Gasteiger partial charge in [0.05, 0.1) is 0 Å². The van der Waals surface area contributed by atoms with Gasteiger partial charge in [-0.15, -0.1) is 11.3 Å². The van der Waals surface area contributed by atoms with E-state index < -0.39 is 0 Å². The van der Waals surface area contributed by atoms with Gasteiger partial charge in [0.2, 0.25) is 0 Å². The number of rotatable bonds is 2. The van der Waals surface area contributed by atoms with E-state index in [1.165, 1.54) is 34.9 Å². The van der Waals surface area contributed by atoms with E-state index in [9.17, 15) is 0 Å². The molecule has 0 radical (unpaired) electrons. The number of fused-ring (bicyclic) bond motifs is 1. The highest BCUT2D eigenvalue weighted by atomic mass is 32.1. The SMILES string of the molecule is CC1(C)CCCCC1(N)Cc1csc2ccccc12. The van der Waals surface area contributed by atoms with Crippen LogP contribution in [0, 0.1) is 5.41 Å². The number of hydrogen-bond donors (Lipinski definition) is 1. The average molecular weight is 273 g/mol. The Morgan fingerprint density at radius 3 is 2.68 bits per heavy atom. The first-order valence-electron chi connectivity index (χ1n) is 7.26. The fourth-order valence-electron chi connectivity index (χ4n) is 3.43. The zero-order valence-corrected chi connectivity index (χ0v) is 12.7. The van der Waals surface area contributed by atoms with Crippen LogP contribution in [-0.2, 0) is 6.42 Å². The normalized spacial score (nSPS) is 26.7. The Kier molecular flexibility index (Phi) is 3.18. The van der Waals surface area contributed by atoms with E-state index in [2.05, 4.69) is 43.5 Å². The molecule has 1 fully saturated rings. The van der Waals surface area contributed by atoms with Gasteiger partial charge >= 0.3 is 0 Å². The van der Waals surface area contributed by atoms with Crippen molar-refractivity contribution in [3.63, 3.8) is 0 Å². The van der Waals surface area contributed by atoms with Crippen LogP contribution in [0.15, 0.2) is 29.6 Å². The molecule has 0 spiro atoms. The molecule has 0 saturated heterocycles. The number of nitrogens with two attached hydrogens (primary N) is 1. The van der Waals surface area contributed by atoms with E-state index in [-0.39, 0.29) is 11.0 Å². The Bertz CT molecular complexity index is 584. The molecule has 1 aromatic heterocycles. The molecule has 2 heteroatoms. The van der Waals surface area contributed by atoms with E-state index in [1.54, 1.807) is 0 Å².